The number of ether oxygens (including phenoxy) is 1. The number of alkyl halides is 2. The number of nitrogens with two attached hydrogens (primary N) is 1. The first-order chi connectivity index (χ1) is 7.81. The van der Waals surface area contributed by atoms with Crippen LogP contribution in [-0.4, -0.2) is 20.5 Å². The molecule has 0 aromatic carbocycles. The van der Waals surface area contributed by atoms with Crippen LogP contribution in [0.15, 0.2) is 11.1 Å². The van der Waals surface area contributed by atoms with Crippen molar-refractivity contribution in [1.29, 1.82) is 5.26 Å². The highest BCUT2D eigenvalue weighted by molar-refractivity contribution is 7.89. The van der Waals surface area contributed by atoms with Crippen LogP contribution >= 0.6 is 0 Å². The summed E-state index contributed by atoms with van der Waals surface area (Å²) in [4.78, 5) is 3.34. The van der Waals surface area contributed by atoms with Crippen molar-refractivity contribution in [3.8, 4) is 11.8 Å². The molecule has 0 saturated carbocycles. The molecule has 0 atom stereocenters. The molecule has 6 nitrogen and oxygen atoms in total. The second-order valence-corrected chi connectivity index (χ2v) is 4.40. The van der Waals surface area contributed by atoms with Crippen molar-refractivity contribution in [2.75, 3.05) is 7.11 Å². The minimum absolute atomic E-state index is 0.463. The Labute approximate surface area is 95.7 Å². The molecule has 0 aliphatic rings. The molecule has 1 rings (SSSR count). The Bertz CT molecular complexity index is 580. The molecule has 0 amide bonds. The standard InChI is InChI=1S/C8H7F2N3O3S/c1-16-7-4(8(9)10)2-6(17(12,14)15)13-5(7)3-11/h2,8H,1H3,(H2,12,14,15). The fourth-order valence-electron chi connectivity index (χ4n) is 1.13. The van der Waals surface area contributed by atoms with E-state index in [1.165, 1.54) is 6.07 Å². The number of hydrogen-bond donors (Lipinski definition) is 1. The fourth-order valence-corrected chi connectivity index (χ4v) is 1.64. The van der Waals surface area contributed by atoms with Crippen LogP contribution in [0.1, 0.15) is 17.7 Å². The number of hydrogen-bond acceptors (Lipinski definition) is 5. The predicted molar refractivity (Wildman–Crippen MR) is 51.8 cm³/mol. The minimum atomic E-state index is -4.27. The van der Waals surface area contributed by atoms with Crippen LogP contribution in [0.3, 0.4) is 0 Å². The number of sulfonamides is 1. The maximum absolute atomic E-state index is 12.6. The van der Waals surface area contributed by atoms with Crippen molar-refractivity contribution < 1.29 is 21.9 Å². The van der Waals surface area contributed by atoms with Crippen LogP contribution in [0, 0.1) is 11.3 Å². The molecule has 2 N–H and O–H groups in total. The maximum Gasteiger partial charge on any atom is 0.267 e. The van der Waals surface area contributed by atoms with Crippen molar-refractivity contribution in [3.05, 3.63) is 17.3 Å². The van der Waals surface area contributed by atoms with E-state index in [9.17, 15) is 17.2 Å². The van der Waals surface area contributed by atoms with Crippen LogP contribution in [0.25, 0.3) is 0 Å². The molecule has 1 heterocycles. The largest absolute Gasteiger partial charge is 0.493 e. The van der Waals surface area contributed by atoms with Gasteiger partial charge in [0.25, 0.3) is 16.4 Å². The quantitative estimate of drug-likeness (QED) is 0.856. The molecular weight excluding hydrogens is 256 g/mol. The van der Waals surface area contributed by atoms with Gasteiger partial charge in [0.05, 0.1) is 12.7 Å². The van der Waals surface area contributed by atoms with Gasteiger partial charge in [0.15, 0.2) is 16.5 Å². The monoisotopic (exact) mass is 263 g/mol. The molecule has 0 bridgehead atoms. The first-order valence-corrected chi connectivity index (χ1v) is 5.66. The Morgan fingerprint density at radius 3 is 2.53 bits per heavy atom. The lowest BCUT2D eigenvalue weighted by atomic mass is 10.2. The number of nitriles is 1. The molecular formula is C8H7F2N3O3S. The van der Waals surface area contributed by atoms with E-state index in [1.54, 1.807) is 0 Å². The van der Waals surface area contributed by atoms with Crippen LogP contribution in [-0.2, 0) is 10.0 Å². The number of aromatic nitrogens is 1. The van der Waals surface area contributed by atoms with Gasteiger partial charge in [-0.1, -0.05) is 0 Å². The summed E-state index contributed by atoms with van der Waals surface area (Å²) in [5, 5.41) is 12.6. The van der Waals surface area contributed by atoms with Gasteiger partial charge in [-0.25, -0.2) is 27.3 Å². The Balaban J connectivity index is 3.65. The van der Waals surface area contributed by atoms with E-state index in [0.29, 0.717) is 6.07 Å². The van der Waals surface area contributed by atoms with Gasteiger partial charge in [-0.05, 0) is 6.07 Å². The SMILES string of the molecule is COc1c(C(F)F)cc(S(N)(=O)=O)nc1C#N. The third kappa shape index (κ3) is 2.66. The van der Waals surface area contributed by atoms with Crippen LogP contribution in [0.5, 0.6) is 5.75 Å². The van der Waals surface area contributed by atoms with Gasteiger partial charge in [-0.3, -0.25) is 0 Å². The summed E-state index contributed by atoms with van der Waals surface area (Å²) in [5.74, 6) is -0.463. The summed E-state index contributed by atoms with van der Waals surface area (Å²) in [5.41, 5.74) is -1.31. The highest BCUT2D eigenvalue weighted by atomic mass is 32.2. The third-order valence-corrected chi connectivity index (χ3v) is 2.61. The summed E-state index contributed by atoms with van der Waals surface area (Å²) in [6, 6.07) is 2.05. The molecule has 17 heavy (non-hydrogen) atoms. The van der Waals surface area contributed by atoms with E-state index in [-0.39, 0.29) is 0 Å². The smallest absolute Gasteiger partial charge is 0.267 e. The summed E-state index contributed by atoms with van der Waals surface area (Å²) < 4.78 is 51.9. The van der Waals surface area contributed by atoms with Crippen molar-refractivity contribution in [3.63, 3.8) is 0 Å². The van der Waals surface area contributed by atoms with Crippen LogP contribution < -0.4 is 9.88 Å². The third-order valence-electron chi connectivity index (χ3n) is 1.81. The maximum atomic E-state index is 12.6. The summed E-state index contributed by atoms with van der Waals surface area (Å²) in [6.07, 6.45) is -3.01. The van der Waals surface area contributed by atoms with Crippen molar-refractivity contribution in [2.45, 2.75) is 11.5 Å². The van der Waals surface area contributed by atoms with Gasteiger partial charge in [-0.2, -0.15) is 5.26 Å². The van der Waals surface area contributed by atoms with Crippen LogP contribution in [0.4, 0.5) is 8.78 Å². The summed E-state index contributed by atoms with van der Waals surface area (Å²) in [6.45, 7) is 0. The van der Waals surface area contributed by atoms with Gasteiger partial charge in [0, 0.05) is 0 Å². The second kappa shape index (κ2) is 4.60. The predicted octanol–water partition coefficient (Wildman–Crippen LogP) is 0.547. The normalized spacial score (nSPS) is 11.3. The fraction of sp³-hybridized carbons (Fsp3) is 0.250. The Hall–Kier alpha value is -1.79. The molecule has 0 unspecified atom stereocenters. The lowest BCUT2D eigenvalue weighted by Crippen LogP contribution is -2.15. The van der Waals surface area contributed by atoms with Gasteiger partial charge < -0.3 is 4.74 Å². The average Bonchev–Trinajstić information content (AvgIpc) is 2.25. The minimum Gasteiger partial charge on any atom is -0.493 e. The van der Waals surface area contributed by atoms with Gasteiger partial charge in [0.1, 0.15) is 6.07 Å². The lowest BCUT2D eigenvalue weighted by Gasteiger charge is -2.10. The number of nitrogens with zero attached hydrogens (tertiary/aromatic N) is 2. The molecule has 0 fully saturated rings. The van der Waals surface area contributed by atoms with Gasteiger partial charge in [0.2, 0.25) is 0 Å². The summed E-state index contributed by atoms with van der Waals surface area (Å²) >= 11 is 0. The molecule has 0 aliphatic carbocycles. The molecule has 1 aromatic rings. The number of methoxy groups -OCH3 is 1. The topological polar surface area (TPSA) is 106 Å². The molecule has 0 saturated heterocycles. The number of pyridine rings is 1. The van der Waals surface area contributed by atoms with Crippen molar-refractivity contribution >= 4 is 10.0 Å². The van der Waals surface area contributed by atoms with E-state index in [2.05, 4.69) is 9.72 Å². The van der Waals surface area contributed by atoms with E-state index in [0.717, 1.165) is 7.11 Å². The first-order valence-electron chi connectivity index (χ1n) is 4.11. The van der Waals surface area contributed by atoms with E-state index < -0.39 is 38.5 Å². The van der Waals surface area contributed by atoms with Gasteiger partial charge in [-0.15, -0.1) is 0 Å². The highest BCUT2D eigenvalue weighted by Gasteiger charge is 2.23. The number of rotatable bonds is 3. The first kappa shape index (κ1) is 13.3. The van der Waals surface area contributed by atoms with E-state index >= 15 is 0 Å². The molecule has 0 aliphatic heterocycles. The molecule has 92 valence electrons. The zero-order valence-corrected chi connectivity index (χ0v) is 9.33. The zero-order valence-electron chi connectivity index (χ0n) is 8.52. The lowest BCUT2D eigenvalue weighted by molar-refractivity contribution is 0.146. The average molecular weight is 263 g/mol. The number of halogens is 2. The van der Waals surface area contributed by atoms with Gasteiger partial charge >= 0.3 is 0 Å². The molecule has 0 radical (unpaired) electrons. The Morgan fingerprint density at radius 1 is 1.59 bits per heavy atom. The zero-order chi connectivity index (χ0) is 13.2. The molecule has 9 heteroatoms. The molecule has 1 aromatic heterocycles. The van der Waals surface area contributed by atoms with Crippen LogP contribution in [0.2, 0.25) is 0 Å². The Morgan fingerprint density at radius 2 is 2.18 bits per heavy atom. The van der Waals surface area contributed by atoms with Crippen molar-refractivity contribution in [1.82, 2.24) is 4.98 Å². The molecule has 0 spiro atoms. The Kier molecular flexibility index (Phi) is 3.59. The second-order valence-electron chi connectivity index (χ2n) is 2.89. The van der Waals surface area contributed by atoms with E-state index in [4.69, 9.17) is 10.4 Å². The number of primary sulfonamides is 1. The highest BCUT2D eigenvalue weighted by Crippen LogP contribution is 2.32. The summed E-state index contributed by atoms with van der Waals surface area (Å²) in [7, 11) is -3.20. The van der Waals surface area contributed by atoms with E-state index in [1.807, 2.05) is 0 Å². The van der Waals surface area contributed by atoms with Crippen molar-refractivity contribution in [2.24, 2.45) is 5.14 Å².